The summed E-state index contributed by atoms with van der Waals surface area (Å²) >= 11 is 0. The van der Waals surface area contributed by atoms with Crippen molar-refractivity contribution in [2.45, 2.75) is 58.8 Å². The fourth-order valence-corrected chi connectivity index (χ4v) is 2.66. The molecule has 2 aromatic carbocycles. The van der Waals surface area contributed by atoms with E-state index in [1.165, 1.54) is 11.1 Å². The highest BCUT2D eigenvalue weighted by Crippen LogP contribution is 2.31. The van der Waals surface area contributed by atoms with Crippen LogP contribution in [0.5, 0.6) is 5.75 Å². The number of carbonyl (C=O) groups is 1. The Morgan fingerprint density at radius 3 is 2.21 bits per heavy atom. The fourth-order valence-electron chi connectivity index (χ4n) is 2.66. The van der Waals surface area contributed by atoms with Crippen LogP contribution in [0.15, 0.2) is 48.5 Å². The largest absolute Gasteiger partial charge is 0.426 e. The van der Waals surface area contributed by atoms with Crippen LogP contribution < -0.4 is 4.74 Å². The molecule has 0 saturated heterocycles. The van der Waals surface area contributed by atoms with Gasteiger partial charge in [0.15, 0.2) is 0 Å². The van der Waals surface area contributed by atoms with Gasteiger partial charge in [-0.05, 0) is 34.9 Å². The Bertz CT molecular complexity index is 676. The van der Waals surface area contributed by atoms with Gasteiger partial charge in [-0.2, -0.15) is 0 Å². The third-order valence-corrected chi connectivity index (χ3v) is 4.18. The molecule has 0 unspecified atom stereocenters. The Hall–Kier alpha value is -2.09. The van der Waals surface area contributed by atoms with Crippen LogP contribution in [0.4, 0.5) is 0 Å². The standard InChI is InChI=1S/C22H28O2/c1-16(2)18-13-10-17(11-14-18)12-15-21(23)24-20-9-7-6-8-19(20)22(3,4)5/h6-11,13-14,16H,12,15H2,1-5H3. The number of aryl methyl sites for hydroxylation is 1. The molecule has 2 aromatic rings. The molecule has 2 heteroatoms. The Morgan fingerprint density at radius 1 is 1.00 bits per heavy atom. The lowest BCUT2D eigenvalue weighted by atomic mass is 9.86. The van der Waals surface area contributed by atoms with E-state index in [1.54, 1.807) is 0 Å². The van der Waals surface area contributed by atoms with Crippen molar-refractivity contribution in [3.8, 4) is 5.75 Å². The normalized spacial score (nSPS) is 11.6. The highest BCUT2D eigenvalue weighted by atomic mass is 16.5. The van der Waals surface area contributed by atoms with Crippen molar-refractivity contribution < 1.29 is 9.53 Å². The number of benzene rings is 2. The van der Waals surface area contributed by atoms with Crippen LogP contribution in [-0.4, -0.2) is 5.97 Å². The van der Waals surface area contributed by atoms with Crippen LogP contribution in [-0.2, 0) is 16.6 Å². The lowest BCUT2D eigenvalue weighted by Crippen LogP contribution is -2.16. The van der Waals surface area contributed by atoms with Crippen LogP contribution in [0.3, 0.4) is 0 Å². The molecule has 0 heterocycles. The Morgan fingerprint density at radius 2 is 1.62 bits per heavy atom. The quantitative estimate of drug-likeness (QED) is 0.525. The van der Waals surface area contributed by atoms with Crippen LogP contribution in [0.1, 0.15) is 63.6 Å². The Kier molecular flexibility index (Phi) is 5.82. The van der Waals surface area contributed by atoms with Gasteiger partial charge < -0.3 is 4.74 Å². The van der Waals surface area contributed by atoms with Gasteiger partial charge in [0.1, 0.15) is 5.75 Å². The monoisotopic (exact) mass is 324 g/mol. The first-order valence-electron chi connectivity index (χ1n) is 8.66. The molecule has 2 nitrogen and oxygen atoms in total. The Labute approximate surface area is 145 Å². The van der Waals surface area contributed by atoms with E-state index >= 15 is 0 Å². The molecule has 24 heavy (non-hydrogen) atoms. The molecule has 0 saturated carbocycles. The van der Waals surface area contributed by atoms with Crippen molar-refractivity contribution in [2.24, 2.45) is 0 Å². The molecule has 0 radical (unpaired) electrons. The molecule has 0 aliphatic rings. The molecule has 0 amide bonds. The maximum atomic E-state index is 12.2. The molecule has 0 aromatic heterocycles. The van der Waals surface area contributed by atoms with Crippen LogP contribution in [0.25, 0.3) is 0 Å². The molecular formula is C22H28O2. The molecule has 0 aliphatic carbocycles. The van der Waals surface area contributed by atoms with Crippen LogP contribution >= 0.6 is 0 Å². The third-order valence-electron chi connectivity index (χ3n) is 4.18. The van der Waals surface area contributed by atoms with Crippen molar-refractivity contribution in [3.63, 3.8) is 0 Å². The van der Waals surface area contributed by atoms with E-state index in [1.807, 2.05) is 24.3 Å². The summed E-state index contributed by atoms with van der Waals surface area (Å²) in [5.41, 5.74) is 3.49. The highest BCUT2D eigenvalue weighted by Gasteiger charge is 2.19. The van der Waals surface area contributed by atoms with Gasteiger partial charge in [0.2, 0.25) is 0 Å². The second-order valence-corrected chi connectivity index (χ2v) is 7.62. The van der Waals surface area contributed by atoms with Gasteiger partial charge in [-0.3, -0.25) is 4.79 Å². The zero-order valence-electron chi connectivity index (χ0n) is 15.4. The SMILES string of the molecule is CC(C)c1ccc(CCC(=O)Oc2ccccc2C(C)(C)C)cc1. The summed E-state index contributed by atoms with van der Waals surface area (Å²) in [4.78, 5) is 12.2. The third kappa shape index (κ3) is 4.95. The lowest BCUT2D eigenvalue weighted by molar-refractivity contribution is -0.134. The van der Waals surface area contributed by atoms with Crippen molar-refractivity contribution >= 4 is 5.97 Å². The molecule has 2 rings (SSSR count). The summed E-state index contributed by atoms with van der Waals surface area (Å²) < 4.78 is 5.62. The minimum absolute atomic E-state index is 0.0520. The molecule has 0 bridgehead atoms. The van der Waals surface area contributed by atoms with Crippen LogP contribution in [0, 0.1) is 0 Å². The van der Waals surface area contributed by atoms with Gasteiger partial charge in [0.05, 0.1) is 0 Å². The van der Waals surface area contributed by atoms with Gasteiger partial charge in [-0.1, -0.05) is 77.1 Å². The summed E-state index contributed by atoms with van der Waals surface area (Å²) in [6.45, 7) is 10.7. The topological polar surface area (TPSA) is 26.3 Å². The number of esters is 1. The van der Waals surface area contributed by atoms with Gasteiger partial charge in [0.25, 0.3) is 0 Å². The zero-order chi connectivity index (χ0) is 17.7. The minimum Gasteiger partial charge on any atom is -0.426 e. The molecule has 0 N–H and O–H groups in total. The molecule has 0 fully saturated rings. The zero-order valence-corrected chi connectivity index (χ0v) is 15.4. The van der Waals surface area contributed by atoms with E-state index in [4.69, 9.17) is 4.74 Å². The summed E-state index contributed by atoms with van der Waals surface area (Å²) in [5, 5.41) is 0. The smallest absolute Gasteiger partial charge is 0.311 e. The predicted molar refractivity (Wildman–Crippen MR) is 99.6 cm³/mol. The first-order chi connectivity index (χ1) is 11.3. The molecular weight excluding hydrogens is 296 g/mol. The number of hydrogen-bond acceptors (Lipinski definition) is 2. The highest BCUT2D eigenvalue weighted by molar-refractivity contribution is 5.73. The van der Waals surface area contributed by atoms with Crippen LogP contribution in [0.2, 0.25) is 0 Å². The number of para-hydroxylation sites is 1. The van der Waals surface area contributed by atoms with E-state index in [2.05, 4.69) is 58.9 Å². The summed E-state index contributed by atoms with van der Waals surface area (Å²) in [7, 11) is 0. The minimum atomic E-state index is -0.181. The maximum absolute atomic E-state index is 12.2. The molecule has 128 valence electrons. The molecule has 0 aliphatic heterocycles. The number of rotatable bonds is 5. The van der Waals surface area contributed by atoms with E-state index < -0.39 is 0 Å². The van der Waals surface area contributed by atoms with Gasteiger partial charge in [-0.25, -0.2) is 0 Å². The van der Waals surface area contributed by atoms with Crippen molar-refractivity contribution in [1.29, 1.82) is 0 Å². The molecule has 0 spiro atoms. The van der Waals surface area contributed by atoms with Gasteiger partial charge in [-0.15, -0.1) is 0 Å². The summed E-state index contributed by atoms with van der Waals surface area (Å²) in [6, 6.07) is 16.3. The average molecular weight is 324 g/mol. The first-order valence-corrected chi connectivity index (χ1v) is 8.66. The summed E-state index contributed by atoms with van der Waals surface area (Å²) in [5.74, 6) is 1.02. The van der Waals surface area contributed by atoms with Gasteiger partial charge >= 0.3 is 5.97 Å². The van der Waals surface area contributed by atoms with Crippen molar-refractivity contribution in [2.75, 3.05) is 0 Å². The number of ether oxygens (including phenoxy) is 1. The number of carbonyl (C=O) groups excluding carboxylic acids is 1. The van der Waals surface area contributed by atoms with E-state index in [0.717, 1.165) is 5.56 Å². The maximum Gasteiger partial charge on any atom is 0.311 e. The summed E-state index contributed by atoms with van der Waals surface area (Å²) in [6.07, 6.45) is 1.09. The van der Waals surface area contributed by atoms with Crippen molar-refractivity contribution in [3.05, 3.63) is 65.2 Å². The van der Waals surface area contributed by atoms with Crippen molar-refractivity contribution in [1.82, 2.24) is 0 Å². The van der Waals surface area contributed by atoms with E-state index in [-0.39, 0.29) is 11.4 Å². The number of hydrogen-bond donors (Lipinski definition) is 0. The lowest BCUT2D eigenvalue weighted by Gasteiger charge is -2.22. The fraction of sp³-hybridized carbons (Fsp3) is 0.409. The molecule has 0 atom stereocenters. The Balaban J connectivity index is 1.97. The van der Waals surface area contributed by atoms with Gasteiger partial charge in [0, 0.05) is 12.0 Å². The van der Waals surface area contributed by atoms with E-state index in [0.29, 0.717) is 24.5 Å². The predicted octanol–water partition coefficient (Wildman–Crippen LogP) is 5.65. The van der Waals surface area contributed by atoms with E-state index in [9.17, 15) is 4.79 Å². The first kappa shape index (κ1) is 18.3. The second-order valence-electron chi connectivity index (χ2n) is 7.62. The average Bonchev–Trinajstić information content (AvgIpc) is 2.53. The second kappa shape index (κ2) is 7.65.